The molecule has 0 bridgehead atoms. The normalized spacial score (nSPS) is 11.9. The smallest absolute Gasteiger partial charge is 0.230 e. The molecule has 0 saturated heterocycles. The molecule has 1 amide bonds. The lowest BCUT2D eigenvalue weighted by Crippen LogP contribution is -2.28. The molecule has 5 nitrogen and oxygen atoms in total. The summed E-state index contributed by atoms with van der Waals surface area (Å²) in [6.07, 6.45) is 0. The Morgan fingerprint density at radius 1 is 1.20 bits per heavy atom. The van der Waals surface area contributed by atoms with Gasteiger partial charge in [0.05, 0.1) is 11.8 Å². The molecule has 1 unspecified atom stereocenters. The Labute approximate surface area is 151 Å². The second-order valence-electron chi connectivity index (χ2n) is 5.82. The van der Waals surface area contributed by atoms with Gasteiger partial charge >= 0.3 is 0 Å². The third-order valence-electron chi connectivity index (χ3n) is 3.77. The van der Waals surface area contributed by atoms with Gasteiger partial charge < -0.3 is 5.32 Å². The number of benzene rings is 2. The summed E-state index contributed by atoms with van der Waals surface area (Å²) in [4.78, 5) is 16.6. The standard InChI is InChI=1S/C19H20N4OS/c1-13-7-6-10-16(11-13)18-21-19(23-22-18)25-12-17(24)20-14(2)15-8-4-3-5-9-15/h3-11,14H,12H2,1-2H3,(H,20,24)(H,21,22,23). The van der Waals surface area contributed by atoms with E-state index in [9.17, 15) is 4.79 Å². The van der Waals surface area contributed by atoms with Crippen molar-refractivity contribution in [1.29, 1.82) is 0 Å². The largest absolute Gasteiger partial charge is 0.349 e. The first-order chi connectivity index (χ1) is 12.1. The Bertz CT molecular complexity index is 847. The molecule has 128 valence electrons. The van der Waals surface area contributed by atoms with Crippen LogP contribution in [-0.4, -0.2) is 26.8 Å². The van der Waals surface area contributed by atoms with Gasteiger partial charge in [0, 0.05) is 5.56 Å². The summed E-state index contributed by atoms with van der Waals surface area (Å²) >= 11 is 1.32. The second kappa shape index (κ2) is 7.98. The molecule has 1 aromatic heterocycles. The molecule has 0 aliphatic rings. The van der Waals surface area contributed by atoms with Crippen molar-refractivity contribution in [2.45, 2.75) is 25.0 Å². The van der Waals surface area contributed by atoms with Crippen LogP contribution in [0.4, 0.5) is 0 Å². The van der Waals surface area contributed by atoms with Crippen LogP contribution in [-0.2, 0) is 4.79 Å². The van der Waals surface area contributed by atoms with Gasteiger partial charge in [-0.2, -0.15) is 0 Å². The molecule has 0 radical (unpaired) electrons. The van der Waals surface area contributed by atoms with Gasteiger partial charge in [-0.3, -0.25) is 9.89 Å². The fourth-order valence-electron chi connectivity index (χ4n) is 2.47. The number of H-pyrrole nitrogens is 1. The fraction of sp³-hybridized carbons (Fsp3) is 0.211. The van der Waals surface area contributed by atoms with Gasteiger partial charge in [-0.1, -0.05) is 65.9 Å². The molecule has 3 aromatic rings. The van der Waals surface area contributed by atoms with Gasteiger partial charge in [-0.05, 0) is 25.5 Å². The van der Waals surface area contributed by atoms with Crippen molar-refractivity contribution in [3.63, 3.8) is 0 Å². The van der Waals surface area contributed by atoms with Crippen molar-refractivity contribution in [3.8, 4) is 11.4 Å². The summed E-state index contributed by atoms with van der Waals surface area (Å²) in [5, 5.41) is 10.7. The maximum atomic E-state index is 12.1. The number of hydrogen-bond donors (Lipinski definition) is 2. The lowest BCUT2D eigenvalue weighted by atomic mass is 10.1. The van der Waals surface area contributed by atoms with Crippen LogP contribution in [0.25, 0.3) is 11.4 Å². The summed E-state index contributed by atoms with van der Waals surface area (Å²) in [6, 6.07) is 17.9. The minimum Gasteiger partial charge on any atom is -0.349 e. The predicted molar refractivity (Wildman–Crippen MR) is 100 cm³/mol. The number of aryl methyl sites for hydroxylation is 1. The SMILES string of the molecule is Cc1cccc(-c2nc(SCC(=O)NC(C)c3ccccc3)n[nH]2)c1. The number of nitrogens with zero attached hydrogens (tertiary/aromatic N) is 2. The van der Waals surface area contributed by atoms with E-state index in [1.165, 1.54) is 11.8 Å². The van der Waals surface area contributed by atoms with Crippen LogP contribution in [0.1, 0.15) is 24.1 Å². The number of rotatable bonds is 6. The van der Waals surface area contributed by atoms with Gasteiger partial charge in [-0.25, -0.2) is 4.98 Å². The number of nitrogens with one attached hydrogen (secondary N) is 2. The number of hydrogen-bond acceptors (Lipinski definition) is 4. The maximum absolute atomic E-state index is 12.1. The number of aromatic nitrogens is 3. The van der Waals surface area contributed by atoms with Crippen LogP contribution in [0.5, 0.6) is 0 Å². The Kier molecular flexibility index (Phi) is 5.50. The van der Waals surface area contributed by atoms with Gasteiger partial charge in [-0.15, -0.1) is 5.10 Å². The summed E-state index contributed by atoms with van der Waals surface area (Å²) < 4.78 is 0. The maximum Gasteiger partial charge on any atom is 0.230 e. The molecule has 0 aliphatic carbocycles. The van der Waals surface area contributed by atoms with E-state index in [1.807, 2.05) is 68.4 Å². The molecule has 0 spiro atoms. The van der Waals surface area contributed by atoms with E-state index in [-0.39, 0.29) is 17.7 Å². The third kappa shape index (κ3) is 4.70. The molecule has 25 heavy (non-hydrogen) atoms. The summed E-state index contributed by atoms with van der Waals surface area (Å²) in [7, 11) is 0. The highest BCUT2D eigenvalue weighted by Crippen LogP contribution is 2.20. The molecule has 0 saturated carbocycles. The van der Waals surface area contributed by atoms with Crippen LogP contribution in [0, 0.1) is 6.92 Å². The Hall–Kier alpha value is -2.60. The van der Waals surface area contributed by atoms with Gasteiger partial charge in [0.2, 0.25) is 11.1 Å². The van der Waals surface area contributed by atoms with Gasteiger partial charge in [0.25, 0.3) is 0 Å². The van der Waals surface area contributed by atoms with E-state index in [4.69, 9.17) is 0 Å². The van der Waals surface area contributed by atoms with E-state index >= 15 is 0 Å². The third-order valence-corrected chi connectivity index (χ3v) is 4.61. The highest BCUT2D eigenvalue weighted by Gasteiger charge is 2.12. The van der Waals surface area contributed by atoms with Gasteiger partial charge in [0.1, 0.15) is 0 Å². The van der Waals surface area contributed by atoms with E-state index in [2.05, 4.69) is 20.5 Å². The molecule has 2 aromatic carbocycles. The van der Waals surface area contributed by atoms with Crippen molar-refractivity contribution in [2.24, 2.45) is 0 Å². The zero-order valence-corrected chi connectivity index (χ0v) is 15.0. The summed E-state index contributed by atoms with van der Waals surface area (Å²) in [5.41, 5.74) is 3.24. The van der Waals surface area contributed by atoms with Crippen LogP contribution in [0.15, 0.2) is 59.8 Å². The number of carbonyl (C=O) groups is 1. The molecule has 1 heterocycles. The zero-order valence-electron chi connectivity index (χ0n) is 14.2. The van der Waals surface area contributed by atoms with Crippen molar-refractivity contribution in [2.75, 3.05) is 5.75 Å². The lowest BCUT2D eigenvalue weighted by molar-refractivity contribution is -0.119. The minimum absolute atomic E-state index is 0.0238. The fourth-order valence-corrected chi connectivity index (χ4v) is 3.08. The van der Waals surface area contributed by atoms with E-state index in [1.54, 1.807) is 0 Å². The van der Waals surface area contributed by atoms with E-state index in [0.717, 1.165) is 16.7 Å². The minimum atomic E-state index is -0.0386. The molecule has 2 N–H and O–H groups in total. The monoisotopic (exact) mass is 352 g/mol. The number of aromatic amines is 1. The highest BCUT2D eigenvalue weighted by atomic mass is 32.2. The Morgan fingerprint density at radius 3 is 2.76 bits per heavy atom. The van der Waals surface area contributed by atoms with Crippen LogP contribution < -0.4 is 5.32 Å². The average Bonchev–Trinajstić information content (AvgIpc) is 3.10. The van der Waals surface area contributed by atoms with Crippen LogP contribution in [0.3, 0.4) is 0 Å². The molecule has 6 heteroatoms. The predicted octanol–water partition coefficient (Wildman–Crippen LogP) is 3.75. The summed E-state index contributed by atoms with van der Waals surface area (Å²) in [6.45, 7) is 4.01. The number of thioether (sulfide) groups is 1. The first-order valence-electron chi connectivity index (χ1n) is 8.08. The van der Waals surface area contributed by atoms with Crippen molar-refractivity contribution < 1.29 is 4.79 Å². The molecular weight excluding hydrogens is 332 g/mol. The highest BCUT2D eigenvalue weighted by molar-refractivity contribution is 7.99. The number of amides is 1. The molecule has 3 rings (SSSR count). The zero-order chi connectivity index (χ0) is 17.6. The van der Waals surface area contributed by atoms with E-state index < -0.39 is 0 Å². The Morgan fingerprint density at radius 2 is 2.00 bits per heavy atom. The van der Waals surface area contributed by atoms with Crippen LogP contribution in [0.2, 0.25) is 0 Å². The Balaban J connectivity index is 1.54. The first kappa shape index (κ1) is 17.2. The van der Waals surface area contributed by atoms with Crippen molar-refractivity contribution in [3.05, 3.63) is 65.7 Å². The quantitative estimate of drug-likeness (QED) is 0.663. The molecular formula is C19H20N4OS. The first-order valence-corrected chi connectivity index (χ1v) is 9.07. The van der Waals surface area contributed by atoms with E-state index in [0.29, 0.717) is 11.0 Å². The molecule has 0 aliphatic heterocycles. The number of carbonyl (C=O) groups excluding carboxylic acids is 1. The van der Waals surface area contributed by atoms with Crippen molar-refractivity contribution >= 4 is 17.7 Å². The second-order valence-corrected chi connectivity index (χ2v) is 6.77. The summed E-state index contributed by atoms with van der Waals surface area (Å²) in [5.74, 6) is 0.954. The van der Waals surface area contributed by atoms with Crippen LogP contribution >= 0.6 is 11.8 Å². The average molecular weight is 352 g/mol. The van der Waals surface area contributed by atoms with Crippen molar-refractivity contribution in [1.82, 2.24) is 20.5 Å². The molecule has 0 fully saturated rings. The topological polar surface area (TPSA) is 70.7 Å². The van der Waals surface area contributed by atoms with Gasteiger partial charge in [0.15, 0.2) is 5.82 Å². The molecule has 1 atom stereocenters. The lowest BCUT2D eigenvalue weighted by Gasteiger charge is -2.13.